The first kappa shape index (κ1) is 15.1. The number of phenolic OH excluding ortho intramolecular Hbond substituents is 1. The first-order chi connectivity index (χ1) is 9.40. The molecule has 0 bridgehead atoms. The maximum Gasteiger partial charge on any atom is 0.240 e. The van der Waals surface area contributed by atoms with Crippen molar-refractivity contribution in [2.24, 2.45) is 5.92 Å². The molecule has 1 unspecified atom stereocenters. The van der Waals surface area contributed by atoms with Crippen molar-refractivity contribution >= 4 is 15.7 Å². The molecule has 7 heteroatoms. The molecule has 20 heavy (non-hydrogen) atoms. The number of rotatable bonds is 4. The number of benzene rings is 1. The molecule has 1 aliphatic heterocycles. The van der Waals surface area contributed by atoms with E-state index in [-0.39, 0.29) is 28.3 Å². The summed E-state index contributed by atoms with van der Waals surface area (Å²) in [6, 6.07) is 3.71. The molecule has 0 radical (unpaired) electrons. The number of phenols is 1. The van der Waals surface area contributed by atoms with Crippen LogP contribution in [0.25, 0.3) is 0 Å². The Morgan fingerprint density at radius 3 is 2.65 bits per heavy atom. The minimum atomic E-state index is -3.63. The van der Waals surface area contributed by atoms with Crippen molar-refractivity contribution in [2.75, 3.05) is 18.9 Å². The van der Waals surface area contributed by atoms with Gasteiger partial charge in [0.1, 0.15) is 5.75 Å². The zero-order chi connectivity index (χ0) is 14.8. The summed E-state index contributed by atoms with van der Waals surface area (Å²) in [5.74, 6) is 0.148. The molecular weight excluding hydrogens is 280 g/mol. The van der Waals surface area contributed by atoms with Crippen LogP contribution in [0.4, 0.5) is 5.69 Å². The van der Waals surface area contributed by atoms with Crippen LogP contribution in [0.1, 0.15) is 19.8 Å². The highest BCUT2D eigenvalue weighted by atomic mass is 32.2. The molecule has 1 saturated heterocycles. The zero-order valence-electron chi connectivity index (χ0n) is 11.4. The van der Waals surface area contributed by atoms with Crippen LogP contribution in [0.15, 0.2) is 23.1 Å². The topological polar surface area (TPSA) is 102 Å². The number of nitrogens with two attached hydrogens (primary N) is 1. The maximum absolute atomic E-state index is 12.3. The van der Waals surface area contributed by atoms with Gasteiger partial charge in [0, 0.05) is 19.3 Å². The fourth-order valence-corrected chi connectivity index (χ4v) is 3.67. The second-order valence-corrected chi connectivity index (χ2v) is 6.79. The lowest BCUT2D eigenvalue weighted by atomic mass is 9.94. The highest BCUT2D eigenvalue weighted by Crippen LogP contribution is 2.24. The Hall–Kier alpha value is -1.31. The van der Waals surface area contributed by atoms with Crippen LogP contribution in [-0.4, -0.2) is 32.8 Å². The molecule has 6 nitrogen and oxygen atoms in total. The van der Waals surface area contributed by atoms with E-state index in [1.807, 2.05) is 6.92 Å². The van der Waals surface area contributed by atoms with Gasteiger partial charge >= 0.3 is 0 Å². The minimum Gasteiger partial charge on any atom is -0.506 e. The molecular formula is C13H20N2O4S. The fourth-order valence-electron chi connectivity index (χ4n) is 2.32. The summed E-state index contributed by atoms with van der Waals surface area (Å²) in [5, 5.41) is 9.34. The Morgan fingerprint density at radius 2 is 2.05 bits per heavy atom. The molecule has 0 saturated carbocycles. The molecule has 1 aliphatic rings. The lowest BCUT2D eigenvalue weighted by molar-refractivity contribution is 0.0585. The van der Waals surface area contributed by atoms with Gasteiger partial charge in [-0.3, -0.25) is 0 Å². The molecule has 0 aromatic heterocycles. The molecule has 1 fully saturated rings. The van der Waals surface area contributed by atoms with E-state index in [1.54, 1.807) is 0 Å². The van der Waals surface area contributed by atoms with Crippen molar-refractivity contribution in [2.45, 2.75) is 30.7 Å². The third-order valence-electron chi connectivity index (χ3n) is 3.62. The van der Waals surface area contributed by atoms with Crippen LogP contribution in [0.3, 0.4) is 0 Å². The van der Waals surface area contributed by atoms with Crippen LogP contribution >= 0.6 is 0 Å². The standard InChI is InChI=1S/C13H20N2O4S/c1-9(10-4-6-19-7-5-10)15-20(17,18)11-2-3-13(16)12(14)8-11/h2-3,8-10,15-16H,4-7,14H2,1H3. The van der Waals surface area contributed by atoms with Crippen LogP contribution in [0, 0.1) is 5.92 Å². The van der Waals surface area contributed by atoms with Crippen LogP contribution in [-0.2, 0) is 14.8 Å². The number of nitrogen functional groups attached to an aromatic ring is 1. The summed E-state index contributed by atoms with van der Waals surface area (Å²) in [6.07, 6.45) is 1.70. The number of hydrogen-bond donors (Lipinski definition) is 3. The quantitative estimate of drug-likeness (QED) is 0.570. The van der Waals surface area contributed by atoms with Crippen molar-refractivity contribution in [1.82, 2.24) is 4.72 Å². The number of anilines is 1. The van der Waals surface area contributed by atoms with E-state index in [0.717, 1.165) is 12.8 Å². The van der Waals surface area contributed by atoms with Gasteiger partial charge in [-0.15, -0.1) is 0 Å². The Labute approximate surface area is 119 Å². The van der Waals surface area contributed by atoms with Gasteiger partial charge in [0.25, 0.3) is 0 Å². The minimum absolute atomic E-state index is 0.0478. The predicted octanol–water partition coefficient (Wildman–Crippen LogP) is 1.07. The SMILES string of the molecule is CC(NS(=O)(=O)c1ccc(O)c(N)c1)C1CCOCC1. The zero-order valence-corrected chi connectivity index (χ0v) is 12.2. The van der Waals surface area contributed by atoms with Crippen molar-refractivity contribution in [3.8, 4) is 5.75 Å². The molecule has 2 rings (SSSR count). The first-order valence-electron chi connectivity index (χ1n) is 6.59. The van der Waals surface area contributed by atoms with Gasteiger partial charge in [-0.2, -0.15) is 0 Å². The number of nitrogens with one attached hydrogen (secondary N) is 1. The number of aromatic hydroxyl groups is 1. The Morgan fingerprint density at radius 1 is 1.40 bits per heavy atom. The monoisotopic (exact) mass is 300 g/mol. The molecule has 1 atom stereocenters. The number of ether oxygens (including phenoxy) is 1. The van der Waals surface area contributed by atoms with Gasteiger partial charge in [-0.05, 0) is 43.9 Å². The molecule has 0 aliphatic carbocycles. The average molecular weight is 300 g/mol. The highest BCUT2D eigenvalue weighted by molar-refractivity contribution is 7.89. The first-order valence-corrected chi connectivity index (χ1v) is 8.07. The van der Waals surface area contributed by atoms with Gasteiger partial charge < -0.3 is 15.6 Å². The van der Waals surface area contributed by atoms with E-state index < -0.39 is 10.0 Å². The van der Waals surface area contributed by atoms with Gasteiger partial charge in [-0.25, -0.2) is 13.1 Å². The van der Waals surface area contributed by atoms with Crippen molar-refractivity contribution in [3.63, 3.8) is 0 Å². The van der Waals surface area contributed by atoms with E-state index in [4.69, 9.17) is 10.5 Å². The van der Waals surface area contributed by atoms with Crippen molar-refractivity contribution < 1.29 is 18.3 Å². The van der Waals surface area contributed by atoms with Gasteiger partial charge in [0.2, 0.25) is 10.0 Å². The molecule has 1 aromatic rings. The molecule has 0 amide bonds. The summed E-state index contributed by atoms with van der Waals surface area (Å²) < 4.78 is 32.5. The van der Waals surface area contributed by atoms with E-state index in [0.29, 0.717) is 13.2 Å². The summed E-state index contributed by atoms with van der Waals surface area (Å²) in [4.78, 5) is 0.0618. The second-order valence-electron chi connectivity index (χ2n) is 5.08. The molecule has 4 N–H and O–H groups in total. The summed E-state index contributed by atoms with van der Waals surface area (Å²) in [7, 11) is -3.63. The molecule has 1 aromatic carbocycles. The Balaban J connectivity index is 2.11. The third-order valence-corrected chi connectivity index (χ3v) is 5.18. The van der Waals surface area contributed by atoms with Crippen LogP contribution in [0.2, 0.25) is 0 Å². The van der Waals surface area contributed by atoms with Gasteiger partial charge in [-0.1, -0.05) is 0 Å². The lowest BCUT2D eigenvalue weighted by Crippen LogP contribution is -2.40. The molecule has 112 valence electrons. The number of hydrogen-bond acceptors (Lipinski definition) is 5. The highest BCUT2D eigenvalue weighted by Gasteiger charge is 2.25. The molecule has 1 heterocycles. The van der Waals surface area contributed by atoms with Gasteiger partial charge in [0.15, 0.2) is 0 Å². The largest absolute Gasteiger partial charge is 0.506 e. The van der Waals surface area contributed by atoms with Gasteiger partial charge in [0.05, 0.1) is 10.6 Å². The average Bonchev–Trinajstić information content (AvgIpc) is 2.42. The second kappa shape index (κ2) is 5.99. The normalized spacial score (nSPS) is 18.9. The van der Waals surface area contributed by atoms with Crippen molar-refractivity contribution in [1.29, 1.82) is 0 Å². The predicted molar refractivity (Wildman–Crippen MR) is 75.8 cm³/mol. The summed E-state index contributed by atoms with van der Waals surface area (Å²) in [5.41, 5.74) is 5.58. The summed E-state index contributed by atoms with van der Waals surface area (Å²) >= 11 is 0. The summed E-state index contributed by atoms with van der Waals surface area (Å²) in [6.45, 7) is 3.20. The van der Waals surface area contributed by atoms with Crippen molar-refractivity contribution in [3.05, 3.63) is 18.2 Å². The van der Waals surface area contributed by atoms with E-state index in [9.17, 15) is 13.5 Å². The van der Waals surface area contributed by atoms with E-state index in [2.05, 4.69) is 4.72 Å². The van der Waals surface area contributed by atoms with E-state index in [1.165, 1.54) is 18.2 Å². The maximum atomic E-state index is 12.3. The Bertz CT molecular complexity index is 568. The third kappa shape index (κ3) is 3.41. The lowest BCUT2D eigenvalue weighted by Gasteiger charge is -2.28. The van der Waals surface area contributed by atoms with Crippen LogP contribution in [0.5, 0.6) is 5.75 Å². The number of sulfonamides is 1. The van der Waals surface area contributed by atoms with E-state index >= 15 is 0 Å². The molecule has 0 spiro atoms. The Kier molecular flexibility index (Phi) is 4.52. The smallest absolute Gasteiger partial charge is 0.240 e. The van der Waals surface area contributed by atoms with Crippen LogP contribution < -0.4 is 10.5 Å². The fraction of sp³-hybridized carbons (Fsp3) is 0.538.